The van der Waals surface area contributed by atoms with Gasteiger partial charge in [0.15, 0.2) is 12.2 Å². The van der Waals surface area contributed by atoms with E-state index in [0.29, 0.717) is 0 Å². The van der Waals surface area contributed by atoms with E-state index in [4.69, 9.17) is 23.7 Å². The maximum atomic E-state index is 13.7. The first-order chi connectivity index (χ1) is 25.4. The van der Waals surface area contributed by atoms with Gasteiger partial charge in [-0.25, -0.2) is 19.2 Å². The monoisotopic (exact) mass is 699 g/mol. The number of benzene rings is 5. The lowest BCUT2D eigenvalue weighted by Crippen LogP contribution is -2.67. The van der Waals surface area contributed by atoms with Crippen molar-refractivity contribution in [2.75, 3.05) is 6.61 Å². The second kappa shape index (κ2) is 16.9. The number of carbonyl (C=O) groups is 5. The molecule has 5 aromatic carbocycles. The molecule has 0 bridgehead atoms. The van der Waals surface area contributed by atoms with Crippen molar-refractivity contribution in [2.45, 2.75) is 30.6 Å². The molecule has 1 heterocycles. The lowest BCUT2D eigenvalue weighted by molar-refractivity contribution is -0.251. The first kappa shape index (κ1) is 35.2. The first-order valence-corrected chi connectivity index (χ1v) is 16.4. The topological polar surface area (TPSA) is 144 Å². The highest BCUT2D eigenvalue weighted by atomic mass is 16.7. The molecule has 0 aliphatic carbocycles. The van der Waals surface area contributed by atoms with Crippen LogP contribution in [0.1, 0.15) is 51.8 Å². The molecule has 1 aliphatic heterocycles. The summed E-state index contributed by atoms with van der Waals surface area (Å²) in [5.74, 6) is -3.81. The molecule has 262 valence electrons. The number of esters is 4. The van der Waals surface area contributed by atoms with Crippen LogP contribution in [-0.4, -0.2) is 67.0 Å². The quantitative estimate of drug-likeness (QED) is 0.135. The first-order valence-electron chi connectivity index (χ1n) is 16.4. The Labute approximate surface area is 299 Å². The summed E-state index contributed by atoms with van der Waals surface area (Å²) in [4.78, 5) is 67.6. The number of rotatable bonds is 11. The van der Waals surface area contributed by atoms with E-state index in [-0.39, 0.29) is 27.8 Å². The number of hydrogen-bond donors (Lipinski definition) is 1. The Morgan fingerprint density at radius 1 is 0.462 bits per heavy atom. The van der Waals surface area contributed by atoms with E-state index in [1.54, 1.807) is 115 Å². The Balaban J connectivity index is 1.41. The summed E-state index contributed by atoms with van der Waals surface area (Å²) in [6, 6.07) is 39.1. The van der Waals surface area contributed by atoms with Gasteiger partial charge in [0, 0.05) is 5.56 Å². The van der Waals surface area contributed by atoms with E-state index in [1.165, 1.54) is 36.4 Å². The van der Waals surface area contributed by atoms with Crippen molar-refractivity contribution < 1.29 is 47.7 Å². The predicted octanol–water partition coefficient (Wildman–Crippen LogP) is 5.68. The Hall–Kier alpha value is -6.59. The van der Waals surface area contributed by atoms with Crippen LogP contribution < -0.4 is 5.32 Å². The zero-order chi connectivity index (χ0) is 36.3. The van der Waals surface area contributed by atoms with Crippen molar-refractivity contribution in [2.24, 2.45) is 0 Å². The number of hydrogen-bond acceptors (Lipinski definition) is 10. The molecule has 1 aliphatic rings. The normalized spacial score (nSPS) is 19.3. The third-order valence-corrected chi connectivity index (χ3v) is 8.11. The van der Waals surface area contributed by atoms with Gasteiger partial charge in [0.1, 0.15) is 18.8 Å². The average molecular weight is 700 g/mol. The van der Waals surface area contributed by atoms with Gasteiger partial charge in [-0.1, -0.05) is 91.0 Å². The minimum atomic E-state index is -1.64. The van der Waals surface area contributed by atoms with Crippen molar-refractivity contribution in [3.05, 3.63) is 179 Å². The van der Waals surface area contributed by atoms with Gasteiger partial charge in [0.2, 0.25) is 6.29 Å². The van der Waals surface area contributed by atoms with Crippen LogP contribution in [0.2, 0.25) is 0 Å². The SMILES string of the molecule is O=C(NC1C(OC(=O)c2ccccc2)OC(COC(=O)c2ccccc2)C(OC(=O)c2ccccc2)C1OC(=O)c1ccccc1)c1ccccc1. The molecule has 0 spiro atoms. The fourth-order valence-electron chi connectivity index (χ4n) is 5.49. The number of carbonyl (C=O) groups excluding carboxylic acids is 5. The highest BCUT2D eigenvalue weighted by Crippen LogP contribution is 2.30. The summed E-state index contributed by atoms with van der Waals surface area (Å²) in [5.41, 5.74) is 0.962. The van der Waals surface area contributed by atoms with Crippen molar-refractivity contribution >= 4 is 29.8 Å². The summed E-state index contributed by atoms with van der Waals surface area (Å²) in [7, 11) is 0. The molecule has 0 aromatic heterocycles. The number of nitrogens with one attached hydrogen (secondary N) is 1. The molecule has 5 aromatic rings. The highest BCUT2D eigenvalue weighted by molar-refractivity contribution is 5.95. The average Bonchev–Trinajstić information content (AvgIpc) is 3.20. The Morgan fingerprint density at radius 3 is 1.27 bits per heavy atom. The Kier molecular flexibility index (Phi) is 11.4. The van der Waals surface area contributed by atoms with Crippen LogP contribution in [0.5, 0.6) is 0 Å². The second-order valence-corrected chi connectivity index (χ2v) is 11.6. The van der Waals surface area contributed by atoms with Crippen LogP contribution in [0, 0.1) is 0 Å². The van der Waals surface area contributed by atoms with Crippen LogP contribution in [0.15, 0.2) is 152 Å². The van der Waals surface area contributed by atoms with E-state index >= 15 is 0 Å². The van der Waals surface area contributed by atoms with Gasteiger partial charge in [-0.15, -0.1) is 0 Å². The van der Waals surface area contributed by atoms with Crippen LogP contribution in [-0.2, 0) is 23.7 Å². The summed E-state index contributed by atoms with van der Waals surface area (Å²) < 4.78 is 29.8. The molecular weight excluding hydrogens is 666 g/mol. The van der Waals surface area contributed by atoms with Gasteiger partial charge in [-0.3, -0.25) is 4.79 Å². The van der Waals surface area contributed by atoms with E-state index < -0.39 is 67.0 Å². The second-order valence-electron chi connectivity index (χ2n) is 11.6. The molecule has 5 unspecified atom stereocenters. The van der Waals surface area contributed by atoms with Crippen LogP contribution in [0.25, 0.3) is 0 Å². The Morgan fingerprint density at radius 2 is 0.827 bits per heavy atom. The maximum Gasteiger partial charge on any atom is 0.340 e. The van der Waals surface area contributed by atoms with E-state index in [9.17, 15) is 24.0 Å². The van der Waals surface area contributed by atoms with Crippen molar-refractivity contribution in [1.29, 1.82) is 0 Å². The molecule has 11 nitrogen and oxygen atoms in total. The standard InChI is InChI=1S/C41H33NO10/c43-36(27-16-6-1-7-17-27)42-33-35(51-39(46)30-22-12-4-13-23-30)34(50-38(45)29-20-10-3-11-21-29)32(26-48-37(44)28-18-8-2-9-19-28)49-41(33)52-40(47)31-24-14-5-15-25-31/h1-25,32-35,41H,26H2,(H,42,43). The number of amides is 1. The van der Waals surface area contributed by atoms with Crippen LogP contribution in [0.3, 0.4) is 0 Å². The summed E-state index contributed by atoms with van der Waals surface area (Å²) in [5, 5.41) is 2.79. The third-order valence-electron chi connectivity index (χ3n) is 8.11. The molecule has 11 heteroatoms. The van der Waals surface area contributed by atoms with Crippen LogP contribution in [0.4, 0.5) is 0 Å². The van der Waals surface area contributed by atoms with Crippen molar-refractivity contribution in [3.8, 4) is 0 Å². The van der Waals surface area contributed by atoms with Crippen LogP contribution >= 0.6 is 0 Å². The zero-order valence-corrected chi connectivity index (χ0v) is 27.6. The van der Waals surface area contributed by atoms with Gasteiger partial charge < -0.3 is 29.0 Å². The van der Waals surface area contributed by atoms with Gasteiger partial charge in [-0.05, 0) is 60.7 Å². The van der Waals surface area contributed by atoms with Crippen molar-refractivity contribution in [1.82, 2.24) is 5.32 Å². The molecule has 6 rings (SSSR count). The fraction of sp³-hybridized carbons (Fsp3) is 0.146. The van der Waals surface area contributed by atoms with Gasteiger partial charge in [0.05, 0.1) is 22.3 Å². The third kappa shape index (κ3) is 8.76. The minimum Gasteiger partial charge on any atom is -0.459 e. The fourth-order valence-corrected chi connectivity index (χ4v) is 5.49. The van der Waals surface area contributed by atoms with Crippen molar-refractivity contribution in [3.63, 3.8) is 0 Å². The summed E-state index contributed by atoms with van der Waals surface area (Å²) in [6.07, 6.45) is -6.05. The molecule has 0 radical (unpaired) electrons. The summed E-state index contributed by atoms with van der Waals surface area (Å²) in [6.45, 7) is -0.529. The van der Waals surface area contributed by atoms with E-state index in [0.717, 1.165) is 0 Å². The predicted molar refractivity (Wildman–Crippen MR) is 186 cm³/mol. The molecule has 52 heavy (non-hydrogen) atoms. The maximum absolute atomic E-state index is 13.7. The molecule has 1 N–H and O–H groups in total. The molecule has 1 amide bonds. The lowest BCUT2D eigenvalue weighted by Gasteiger charge is -2.44. The molecular formula is C41H33NO10. The largest absolute Gasteiger partial charge is 0.459 e. The summed E-state index contributed by atoms with van der Waals surface area (Å²) >= 11 is 0. The van der Waals surface area contributed by atoms with Gasteiger partial charge in [-0.2, -0.15) is 0 Å². The zero-order valence-electron chi connectivity index (χ0n) is 27.6. The Bertz CT molecular complexity index is 1980. The smallest absolute Gasteiger partial charge is 0.340 e. The molecule has 1 saturated heterocycles. The van der Waals surface area contributed by atoms with Gasteiger partial charge >= 0.3 is 23.9 Å². The van der Waals surface area contributed by atoms with E-state index in [2.05, 4.69) is 5.32 Å². The molecule has 5 atom stereocenters. The van der Waals surface area contributed by atoms with E-state index in [1.807, 2.05) is 0 Å². The minimum absolute atomic E-state index is 0.153. The molecule has 1 fully saturated rings. The molecule has 0 saturated carbocycles. The lowest BCUT2D eigenvalue weighted by atomic mass is 9.95. The van der Waals surface area contributed by atoms with Gasteiger partial charge in [0.25, 0.3) is 5.91 Å². The number of ether oxygens (including phenoxy) is 5. The highest BCUT2D eigenvalue weighted by Gasteiger charge is 2.53.